The number of pyridine rings is 1. The van der Waals surface area contributed by atoms with Gasteiger partial charge in [0.15, 0.2) is 9.84 Å². The number of urea groups is 1. The van der Waals surface area contributed by atoms with Crippen molar-refractivity contribution >= 4 is 27.5 Å². The maximum absolute atomic E-state index is 13.7. The van der Waals surface area contributed by atoms with E-state index in [1.807, 2.05) is 0 Å². The number of rotatable bonds is 4. The van der Waals surface area contributed by atoms with Crippen LogP contribution in [0.1, 0.15) is 16.1 Å². The first-order valence-electron chi connectivity index (χ1n) is 8.46. The molecule has 1 aliphatic rings. The fourth-order valence-corrected chi connectivity index (χ4v) is 4.00. The molecule has 0 atom stereocenters. The number of hydrogen-bond acceptors (Lipinski definition) is 5. The first kappa shape index (κ1) is 19.7. The largest absolute Gasteiger partial charge is 0.478 e. The normalized spacial score (nSPS) is 15.8. The maximum Gasteiger partial charge on any atom is 0.337 e. The van der Waals surface area contributed by atoms with Crippen LogP contribution in [-0.2, 0) is 16.4 Å². The number of amides is 2. The monoisotopic (exact) mass is 407 g/mol. The quantitative estimate of drug-likeness (QED) is 0.828. The third-order valence-electron chi connectivity index (χ3n) is 4.36. The number of nitrogens with zero attached hydrogens (tertiary/aromatic N) is 3. The van der Waals surface area contributed by atoms with E-state index in [-0.39, 0.29) is 36.7 Å². The van der Waals surface area contributed by atoms with Gasteiger partial charge in [0.05, 0.1) is 29.3 Å². The molecular formula is C18H18FN3O5S. The van der Waals surface area contributed by atoms with E-state index < -0.39 is 27.7 Å². The van der Waals surface area contributed by atoms with E-state index in [1.165, 1.54) is 46.3 Å². The Balaban J connectivity index is 1.87. The zero-order valence-corrected chi connectivity index (χ0v) is 15.6. The molecule has 10 heteroatoms. The lowest BCUT2D eigenvalue weighted by Gasteiger charge is -2.32. The van der Waals surface area contributed by atoms with Gasteiger partial charge in [0, 0.05) is 25.0 Å². The third kappa shape index (κ3) is 4.63. The van der Waals surface area contributed by atoms with Gasteiger partial charge in [0.25, 0.3) is 0 Å². The summed E-state index contributed by atoms with van der Waals surface area (Å²) in [5, 5.41) is 8.96. The molecule has 148 valence electrons. The number of carbonyl (C=O) groups is 2. The number of hydrogen-bond donors (Lipinski definition) is 1. The Morgan fingerprint density at radius 1 is 1.18 bits per heavy atom. The van der Waals surface area contributed by atoms with Gasteiger partial charge >= 0.3 is 12.0 Å². The standard InChI is InChI=1S/C18H18FN3O5S/c19-14-2-1-3-16(10-14)22(12-15-5-4-13(11-20-15)17(23)24)18(25)21-6-8-28(26,27)9-7-21/h1-5,10-11H,6-9,12H2,(H,23,24). The highest BCUT2D eigenvalue weighted by atomic mass is 32.2. The summed E-state index contributed by atoms with van der Waals surface area (Å²) in [5.41, 5.74) is 0.711. The molecule has 0 aliphatic carbocycles. The van der Waals surface area contributed by atoms with Crippen LogP contribution in [0, 0.1) is 5.82 Å². The summed E-state index contributed by atoms with van der Waals surface area (Å²) < 4.78 is 36.9. The van der Waals surface area contributed by atoms with Crippen LogP contribution in [0.3, 0.4) is 0 Å². The summed E-state index contributed by atoms with van der Waals surface area (Å²) in [5.74, 6) is -1.89. The van der Waals surface area contributed by atoms with Crippen LogP contribution in [0.4, 0.5) is 14.9 Å². The average Bonchev–Trinajstić information content (AvgIpc) is 2.66. The van der Waals surface area contributed by atoms with E-state index in [0.29, 0.717) is 11.4 Å². The third-order valence-corrected chi connectivity index (χ3v) is 5.97. The van der Waals surface area contributed by atoms with Gasteiger partial charge in [0.2, 0.25) is 0 Å². The summed E-state index contributed by atoms with van der Waals surface area (Å²) in [6.45, 7) is 0.0855. The summed E-state index contributed by atoms with van der Waals surface area (Å²) in [4.78, 5) is 30.7. The molecule has 2 aromatic rings. The number of carboxylic acid groups (broad SMARTS) is 1. The molecule has 1 aliphatic heterocycles. The SMILES string of the molecule is O=C(O)c1ccc(CN(C(=O)N2CCS(=O)(=O)CC2)c2cccc(F)c2)nc1. The van der Waals surface area contributed by atoms with Crippen LogP contribution in [0.25, 0.3) is 0 Å². The summed E-state index contributed by atoms with van der Waals surface area (Å²) >= 11 is 0. The molecule has 0 saturated carbocycles. The number of halogens is 1. The molecule has 1 N–H and O–H groups in total. The van der Waals surface area contributed by atoms with Crippen molar-refractivity contribution in [2.24, 2.45) is 0 Å². The van der Waals surface area contributed by atoms with Crippen molar-refractivity contribution < 1.29 is 27.5 Å². The van der Waals surface area contributed by atoms with E-state index in [9.17, 15) is 22.4 Å². The second-order valence-corrected chi connectivity index (χ2v) is 8.63. The van der Waals surface area contributed by atoms with Crippen molar-refractivity contribution in [3.05, 3.63) is 59.7 Å². The Morgan fingerprint density at radius 2 is 1.89 bits per heavy atom. The first-order valence-corrected chi connectivity index (χ1v) is 10.3. The van der Waals surface area contributed by atoms with Gasteiger partial charge in [-0.25, -0.2) is 22.4 Å². The molecule has 0 bridgehead atoms. The average molecular weight is 407 g/mol. The molecule has 1 saturated heterocycles. The highest BCUT2D eigenvalue weighted by Crippen LogP contribution is 2.21. The van der Waals surface area contributed by atoms with Gasteiger partial charge in [0.1, 0.15) is 5.82 Å². The van der Waals surface area contributed by atoms with Gasteiger partial charge < -0.3 is 10.0 Å². The summed E-state index contributed by atoms with van der Waals surface area (Å²) in [6, 6.07) is 7.85. The van der Waals surface area contributed by atoms with Gasteiger partial charge in [-0.2, -0.15) is 0 Å². The summed E-state index contributed by atoms with van der Waals surface area (Å²) in [6.07, 6.45) is 1.18. The van der Waals surface area contributed by atoms with Crippen molar-refractivity contribution in [3.8, 4) is 0 Å². The first-order chi connectivity index (χ1) is 13.2. The second kappa shape index (κ2) is 7.93. The van der Waals surface area contributed by atoms with Crippen LogP contribution in [0.15, 0.2) is 42.6 Å². The number of aromatic nitrogens is 1. The topological polar surface area (TPSA) is 108 Å². The zero-order valence-electron chi connectivity index (χ0n) is 14.8. The number of carbonyl (C=O) groups excluding carboxylic acids is 1. The van der Waals surface area contributed by atoms with Gasteiger partial charge in [-0.15, -0.1) is 0 Å². The lowest BCUT2D eigenvalue weighted by molar-refractivity contribution is 0.0696. The fourth-order valence-electron chi connectivity index (χ4n) is 2.79. The molecule has 2 heterocycles. The number of aromatic carboxylic acids is 1. The number of anilines is 1. The maximum atomic E-state index is 13.7. The molecular weight excluding hydrogens is 389 g/mol. The van der Waals surface area contributed by atoms with E-state index in [4.69, 9.17) is 5.11 Å². The van der Waals surface area contributed by atoms with E-state index in [0.717, 1.165) is 0 Å². The Morgan fingerprint density at radius 3 is 2.46 bits per heavy atom. The van der Waals surface area contributed by atoms with Crippen LogP contribution in [0.2, 0.25) is 0 Å². The van der Waals surface area contributed by atoms with Crippen LogP contribution < -0.4 is 4.90 Å². The molecule has 1 aromatic carbocycles. The molecule has 0 radical (unpaired) electrons. The fraction of sp³-hybridized carbons (Fsp3) is 0.278. The van der Waals surface area contributed by atoms with Crippen molar-refractivity contribution in [1.29, 1.82) is 0 Å². The van der Waals surface area contributed by atoms with Crippen LogP contribution >= 0.6 is 0 Å². The molecule has 0 spiro atoms. The highest BCUT2D eigenvalue weighted by molar-refractivity contribution is 7.91. The minimum Gasteiger partial charge on any atom is -0.478 e. The van der Waals surface area contributed by atoms with Gasteiger partial charge in [-0.1, -0.05) is 6.07 Å². The summed E-state index contributed by atoms with van der Waals surface area (Å²) in [7, 11) is -3.16. The minimum absolute atomic E-state index is 0.00798. The predicted octanol–water partition coefficient (Wildman–Crippen LogP) is 1.78. The number of benzene rings is 1. The Hall–Kier alpha value is -3.01. The molecule has 8 nitrogen and oxygen atoms in total. The van der Waals surface area contributed by atoms with Crippen molar-refractivity contribution in [1.82, 2.24) is 9.88 Å². The van der Waals surface area contributed by atoms with Crippen LogP contribution in [-0.4, -0.2) is 60.0 Å². The second-order valence-electron chi connectivity index (χ2n) is 6.33. The van der Waals surface area contributed by atoms with E-state index in [1.54, 1.807) is 6.07 Å². The molecule has 28 heavy (non-hydrogen) atoms. The van der Waals surface area contributed by atoms with E-state index in [2.05, 4.69) is 4.98 Å². The van der Waals surface area contributed by atoms with Gasteiger partial charge in [-0.3, -0.25) is 9.88 Å². The molecule has 1 fully saturated rings. The Bertz CT molecular complexity index is 981. The lowest BCUT2D eigenvalue weighted by atomic mass is 10.2. The Labute approximate surface area is 161 Å². The van der Waals surface area contributed by atoms with Crippen molar-refractivity contribution in [2.75, 3.05) is 29.5 Å². The lowest BCUT2D eigenvalue weighted by Crippen LogP contribution is -2.49. The highest BCUT2D eigenvalue weighted by Gasteiger charge is 2.29. The molecule has 3 rings (SSSR count). The van der Waals surface area contributed by atoms with Crippen molar-refractivity contribution in [2.45, 2.75) is 6.54 Å². The molecule has 0 unspecified atom stereocenters. The Kier molecular flexibility index (Phi) is 5.59. The zero-order chi connectivity index (χ0) is 20.3. The van der Waals surface area contributed by atoms with Crippen LogP contribution in [0.5, 0.6) is 0 Å². The van der Waals surface area contributed by atoms with Crippen molar-refractivity contribution in [3.63, 3.8) is 0 Å². The molecule has 2 amide bonds. The predicted molar refractivity (Wildman–Crippen MR) is 99.4 cm³/mol. The number of carboxylic acids is 1. The molecule has 1 aromatic heterocycles. The number of sulfone groups is 1. The minimum atomic E-state index is -3.16. The smallest absolute Gasteiger partial charge is 0.337 e. The van der Waals surface area contributed by atoms with E-state index >= 15 is 0 Å². The van der Waals surface area contributed by atoms with Gasteiger partial charge in [-0.05, 0) is 30.3 Å².